The molecule has 0 atom stereocenters. The van der Waals surface area contributed by atoms with Gasteiger partial charge >= 0.3 is 0 Å². The van der Waals surface area contributed by atoms with Crippen LogP contribution in [0.25, 0.3) is 0 Å². The lowest BCUT2D eigenvalue weighted by Crippen LogP contribution is -2.13. The first-order valence-corrected chi connectivity index (χ1v) is 9.23. The summed E-state index contributed by atoms with van der Waals surface area (Å²) in [5.74, 6) is 0. The van der Waals surface area contributed by atoms with Gasteiger partial charge in [0.15, 0.2) is 0 Å². The summed E-state index contributed by atoms with van der Waals surface area (Å²) in [6.07, 6.45) is 13.4. The first-order valence-electron chi connectivity index (χ1n) is 7.60. The topological polar surface area (TPSA) is 22.0 Å². The van der Waals surface area contributed by atoms with E-state index < -0.39 is 0 Å². The van der Waals surface area contributed by atoms with E-state index in [2.05, 4.69) is 22.9 Å². The van der Waals surface area contributed by atoms with E-state index in [0.29, 0.717) is 4.47 Å². The molecule has 1 aromatic rings. The molecule has 4 heteroatoms. The maximum atomic E-state index is 11.6. The molecule has 0 amide bonds. The molecule has 19 heavy (non-hydrogen) atoms. The molecule has 0 N–H and O–H groups in total. The summed E-state index contributed by atoms with van der Waals surface area (Å²) in [6.45, 7) is 3.14. The Morgan fingerprint density at radius 2 is 1.53 bits per heavy atom. The van der Waals surface area contributed by atoms with Crippen LogP contribution in [0.1, 0.15) is 71.1 Å². The molecule has 0 fully saturated rings. The minimum atomic E-state index is 0.126. The second-order valence-corrected chi connectivity index (χ2v) is 6.90. The molecule has 0 saturated heterocycles. The molecule has 0 aliphatic rings. The molecule has 1 rings (SSSR count). The maximum absolute atomic E-state index is 11.6. The lowest BCUT2D eigenvalue weighted by atomic mass is 10.1. The summed E-state index contributed by atoms with van der Waals surface area (Å²) in [5.41, 5.74) is 0.126. The van der Waals surface area contributed by atoms with E-state index in [1.54, 1.807) is 0 Å². The van der Waals surface area contributed by atoms with Crippen LogP contribution in [0.5, 0.6) is 0 Å². The molecule has 1 aromatic heterocycles. The maximum Gasteiger partial charge on any atom is 0.274 e. The van der Waals surface area contributed by atoms with Crippen LogP contribution in [0, 0.1) is 0 Å². The summed E-state index contributed by atoms with van der Waals surface area (Å²) < 4.78 is 2.54. The van der Waals surface area contributed by atoms with Crippen LogP contribution < -0.4 is 5.56 Å². The predicted molar refractivity (Wildman–Crippen MR) is 88.1 cm³/mol. The third kappa shape index (κ3) is 7.31. The van der Waals surface area contributed by atoms with Gasteiger partial charge in [-0.2, -0.15) is 0 Å². The van der Waals surface area contributed by atoms with Gasteiger partial charge in [-0.15, -0.1) is 0 Å². The zero-order valence-electron chi connectivity index (χ0n) is 12.0. The Morgan fingerprint density at radius 3 is 2.00 bits per heavy atom. The first-order chi connectivity index (χ1) is 9.25. The second-order valence-electron chi connectivity index (χ2n) is 5.16. The number of aryl methyl sites for hydroxylation is 1. The number of hydrogen-bond donors (Lipinski definition) is 0. The van der Waals surface area contributed by atoms with E-state index in [1.165, 1.54) is 69.3 Å². The zero-order chi connectivity index (χ0) is 13.9. The molecule has 0 aliphatic heterocycles. The van der Waals surface area contributed by atoms with Crippen molar-refractivity contribution in [2.75, 3.05) is 0 Å². The van der Waals surface area contributed by atoms with Crippen molar-refractivity contribution in [3.63, 3.8) is 0 Å². The number of halogens is 1. The van der Waals surface area contributed by atoms with Crippen LogP contribution in [-0.4, -0.2) is 3.96 Å². The molecule has 0 unspecified atom stereocenters. The second kappa shape index (κ2) is 10.7. The van der Waals surface area contributed by atoms with Crippen LogP contribution in [-0.2, 0) is 6.54 Å². The third-order valence-corrected chi connectivity index (χ3v) is 5.24. The number of aromatic nitrogens is 1. The molecule has 110 valence electrons. The minimum Gasteiger partial charge on any atom is -0.267 e. The number of nitrogens with zero attached hydrogens (tertiary/aromatic N) is 1. The Balaban J connectivity index is 1.91. The van der Waals surface area contributed by atoms with E-state index >= 15 is 0 Å². The minimum absolute atomic E-state index is 0.126. The van der Waals surface area contributed by atoms with Gasteiger partial charge in [0, 0.05) is 11.9 Å². The lowest BCUT2D eigenvalue weighted by Gasteiger charge is -2.02. The molecule has 0 saturated carbocycles. The van der Waals surface area contributed by atoms with Gasteiger partial charge in [0.05, 0.1) is 4.47 Å². The Hall–Kier alpha value is -0.0900. The predicted octanol–water partition coefficient (Wildman–Crippen LogP) is 5.59. The molecule has 0 aliphatic carbocycles. The standard InChI is InChI=1S/C15H26BrNOS/c1-2-3-4-5-6-7-8-9-10-11-12-17-15(18)14(16)13-19-17/h13H,2-12H2,1H3. The Labute approximate surface area is 129 Å². The van der Waals surface area contributed by atoms with Gasteiger partial charge in [-0.25, -0.2) is 0 Å². The number of unbranched alkanes of at least 4 members (excludes halogenated alkanes) is 9. The smallest absolute Gasteiger partial charge is 0.267 e. The van der Waals surface area contributed by atoms with Gasteiger partial charge in [-0.1, -0.05) is 76.2 Å². The van der Waals surface area contributed by atoms with Gasteiger partial charge in [-0.05, 0) is 22.4 Å². The van der Waals surface area contributed by atoms with E-state index in [9.17, 15) is 4.79 Å². The SMILES string of the molecule is CCCCCCCCCCCCn1scc(Br)c1=O. The molecule has 0 aromatic carbocycles. The molecule has 0 bridgehead atoms. The Bertz CT molecular complexity index is 386. The fraction of sp³-hybridized carbons (Fsp3) is 0.800. The van der Waals surface area contributed by atoms with Crippen molar-refractivity contribution >= 4 is 27.5 Å². The van der Waals surface area contributed by atoms with Crippen molar-refractivity contribution in [1.29, 1.82) is 0 Å². The normalized spacial score (nSPS) is 11.1. The number of hydrogen-bond acceptors (Lipinski definition) is 2. The van der Waals surface area contributed by atoms with E-state index in [4.69, 9.17) is 0 Å². The van der Waals surface area contributed by atoms with Crippen LogP contribution in [0.15, 0.2) is 14.6 Å². The summed E-state index contributed by atoms with van der Waals surface area (Å²) in [4.78, 5) is 11.6. The van der Waals surface area contributed by atoms with Crippen molar-refractivity contribution in [2.24, 2.45) is 0 Å². The van der Waals surface area contributed by atoms with Crippen molar-refractivity contribution in [3.05, 3.63) is 20.2 Å². The Kier molecular flexibility index (Phi) is 9.52. The third-order valence-electron chi connectivity index (χ3n) is 3.43. The van der Waals surface area contributed by atoms with E-state index in [0.717, 1.165) is 13.0 Å². The largest absolute Gasteiger partial charge is 0.274 e. The van der Waals surface area contributed by atoms with Gasteiger partial charge in [-0.3, -0.25) is 8.75 Å². The average Bonchev–Trinajstić information content (AvgIpc) is 2.73. The summed E-state index contributed by atoms with van der Waals surface area (Å²) in [7, 11) is 0. The molecular weight excluding hydrogens is 322 g/mol. The summed E-state index contributed by atoms with van der Waals surface area (Å²) in [5, 5.41) is 1.87. The molecule has 0 spiro atoms. The van der Waals surface area contributed by atoms with Gasteiger partial charge < -0.3 is 0 Å². The van der Waals surface area contributed by atoms with E-state index in [1.807, 2.05) is 9.34 Å². The molecule has 0 radical (unpaired) electrons. The molecule has 2 nitrogen and oxygen atoms in total. The highest BCUT2D eigenvalue weighted by atomic mass is 79.9. The highest BCUT2D eigenvalue weighted by Gasteiger charge is 2.02. The highest BCUT2D eigenvalue weighted by molar-refractivity contribution is 9.10. The van der Waals surface area contributed by atoms with Gasteiger partial charge in [0.1, 0.15) is 0 Å². The Morgan fingerprint density at radius 1 is 1.00 bits per heavy atom. The average molecular weight is 348 g/mol. The lowest BCUT2D eigenvalue weighted by molar-refractivity contribution is 0.540. The van der Waals surface area contributed by atoms with E-state index in [-0.39, 0.29) is 5.56 Å². The van der Waals surface area contributed by atoms with Crippen LogP contribution in [0.3, 0.4) is 0 Å². The van der Waals surface area contributed by atoms with Crippen molar-refractivity contribution in [3.8, 4) is 0 Å². The van der Waals surface area contributed by atoms with Crippen LogP contribution in [0.4, 0.5) is 0 Å². The zero-order valence-corrected chi connectivity index (χ0v) is 14.4. The van der Waals surface area contributed by atoms with Crippen LogP contribution in [0.2, 0.25) is 0 Å². The van der Waals surface area contributed by atoms with Crippen molar-refractivity contribution < 1.29 is 0 Å². The first kappa shape index (κ1) is 17.0. The number of rotatable bonds is 11. The fourth-order valence-electron chi connectivity index (χ4n) is 2.22. The quantitative estimate of drug-likeness (QED) is 0.478. The van der Waals surface area contributed by atoms with Gasteiger partial charge in [0.2, 0.25) is 0 Å². The molecule has 1 heterocycles. The van der Waals surface area contributed by atoms with Crippen molar-refractivity contribution in [2.45, 2.75) is 77.7 Å². The highest BCUT2D eigenvalue weighted by Crippen LogP contribution is 2.12. The van der Waals surface area contributed by atoms with Crippen LogP contribution >= 0.6 is 27.5 Å². The van der Waals surface area contributed by atoms with Gasteiger partial charge in [0.25, 0.3) is 5.56 Å². The summed E-state index contributed by atoms with van der Waals surface area (Å²) >= 11 is 4.77. The molecular formula is C15H26BrNOS. The van der Waals surface area contributed by atoms with Crippen molar-refractivity contribution in [1.82, 2.24) is 3.96 Å². The fourth-order valence-corrected chi connectivity index (χ4v) is 3.56. The monoisotopic (exact) mass is 347 g/mol. The summed E-state index contributed by atoms with van der Waals surface area (Å²) in [6, 6.07) is 0.